The predicted molar refractivity (Wildman–Crippen MR) is 76.2 cm³/mol. The molecule has 2 heterocycles. The van der Waals surface area contributed by atoms with Crippen LogP contribution >= 0.6 is 22.6 Å². The molecule has 0 aromatic carbocycles. The smallest absolute Gasteiger partial charge is 0.266 e. The number of rotatable bonds is 4. The van der Waals surface area contributed by atoms with E-state index in [1.807, 2.05) is 6.92 Å². The maximum Gasteiger partial charge on any atom is 0.266 e. The van der Waals surface area contributed by atoms with Gasteiger partial charge in [-0.2, -0.15) is 0 Å². The summed E-state index contributed by atoms with van der Waals surface area (Å²) < 4.78 is 2.49. The van der Waals surface area contributed by atoms with Crippen molar-refractivity contribution in [3.05, 3.63) is 25.9 Å². The number of halogens is 1. The van der Waals surface area contributed by atoms with E-state index in [9.17, 15) is 4.79 Å². The number of nitrogens with zero attached hydrogens (tertiary/aromatic N) is 3. The van der Waals surface area contributed by atoms with Gasteiger partial charge >= 0.3 is 0 Å². The molecule has 17 heavy (non-hydrogen) atoms. The van der Waals surface area contributed by atoms with Crippen molar-refractivity contribution in [2.24, 2.45) is 0 Å². The van der Waals surface area contributed by atoms with E-state index in [0.717, 1.165) is 25.3 Å². The van der Waals surface area contributed by atoms with Gasteiger partial charge in [-0.1, -0.05) is 0 Å². The first-order valence-electron chi connectivity index (χ1n) is 6.13. The van der Waals surface area contributed by atoms with Crippen LogP contribution in [0.5, 0.6) is 0 Å². The third-order valence-corrected chi connectivity index (χ3v) is 4.00. The summed E-state index contributed by atoms with van der Waals surface area (Å²) in [4.78, 5) is 18.6. The average Bonchev–Trinajstić information content (AvgIpc) is 2.81. The summed E-state index contributed by atoms with van der Waals surface area (Å²) in [5.41, 5.74) is 0.0968. The van der Waals surface area contributed by atoms with E-state index in [1.54, 1.807) is 10.8 Å². The molecular formula is C12H18IN3O. The van der Waals surface area contributed by atoms with Crippen molar-refractivity contribution in [3.63, 3.8) is 0 Å². The van der Waals surface area contributed by atoms with E-state index in [-0.39, 0.29) is 5.56 Å². The Morgan fingerprint density at radius 3 is 2.76 bits per heavy atom. The normalized spacial score (nSPS) is 16.6. The lowest BCUT2D eigenvalue weighted by Gasteiger charge is -2.15. The van der Waals surface area contributed by atoms with Crippen molar-refractivity contribution in [1.29, 1.82) is 0 Å². The molecule has 0 saturated carbocycles. The van der Waals surface area contributed by atoms with Crippen LogP contribution in [0.25, 0.3) is 0 Å². The molecule has 0 atom stereocenters. The van der Waals surface area contributed by atoms with Gasteiger partial charge in [-0.3, -0.25) is 9.36 Å². The maximum absolute atomic E-state index is 11.9. The van der Waals surface area contributed by atoms with Gasteiger partial charge in [-0.15, -0.1) is 0 Å². The summed E-state index contributed by atoms with van der Waals surface area (Å²) in [6.45, 7) is 6.21. The van der Waals surface area contributed by atoms with Gasteiger partial charge in [0.15, 0.2) is 0 Å². The second-order valence-corrected chi connectivity index (χ2v) is 5.67. The third-order valence-electron chi connectivity index (χ3n) is 3.26. The van der Waals surface area contributed by atoms with Crippen molar-refractivity contribution in [3.8, 4) is 0 Å². The highest BCUT2D eigenvalue weighted by Crippen LogP contribution is 2.08. The summed E-state index contributed by atoms with van der Waals surface area (Å²) in [6, 6.07) is 0. The van der Waals surface area contributed by atoms with Crippen molar-refractivity contribution in [2.45, 2.75) is 32.7 Å². The molecule has 0 amide bonds. The van der Waals surface area contributed by atoms with Crippen LogP contribution in [0.1, 0.15) is 25.1 Å². The van der Waals surface area contributed by atoms with Crippen LogP contribution in [0.15, 0.2) is 11.0 Å². The van der Waals surface area contributed by atoms with Gasteiger partial charge in [0.25, 0.3) is 5.56 Å². The highest BCUT2D eigenvalue weighted by Gasteiger charge is 2.11. The van der Waals surface area contributed by atoms with Crippen LogP contribution in [0.3, 0.4) is 0 Å². The Morgan fingerprint density at radius 1 is 1.35 bits per heavy atom. The fraction of sp³-hybridized carbons (Fsp3) is 0.667. The van der Waals surface area contributed by atoms with Crippen LogP contribution in [0.2, 0.25) is 0 Å². The molecule has 0 N–H and O–H groups in total. The Hall–Kier alpha value is -0.430. The first-order valence-corrected chi connectivity index (χ1v) is 7.20. The standard InChI is InChI=1S/C12H18IN3O/c1-10-14-9-11(13)12(17)16(10)8-4-7-15-5-2-3-6-15/h9H,2-8H2,1H3. The number of hydrogen-bond acceptors (Lipinski definition) is 3. The molecule has 1 fully saturated rings. The van der Waals surface area contributed by atoms with Crippen LogP contribution in [0, 0.1) is 10.5 Å². The summed E-state index contributed by atoms with van der Waals surface area (Å²) in [7, 11) is 0. The molecule has 0 radical (unpaired) electrons. The van der Waals surface area contributed by atoms with Crippen molar-refractivity contribution < 1.29 is 0 Å². The maximum atomic E-state index is 11.9. The quantitative estimate of drug-likeness (QED) is 0.778. The van der Waals surface area contributed by atoms with Crippen LogP contribution in [-0.2, 0) is 6.54 Å². The van der Waals surface area contributed by atoms with Crippen molar-refractivity contribution >= 4 is 22.6 Å². The minimum Gasteiger partial charge on any atom is -0.303 e. The van der Waals surface area contributed by atoms with E-state index >= 15 is 0 Å². The average molecular weight is 347 g/mol. The molecule has 94 valence electrons. The molecule has 5 heteroatoms. The van der Waals surface area contributed by atoms with Crippen LogP contribution in [-0.4, -0.2) is 34.1 Å². The molecule has 0 aliphatic carbocycles. The first-order chi connectivity index (χ1) is 8.18. The Balaban J connectivity index is 1.94. The summed E-state index contributed by atoms with van der Waals surface area (Å²) in [6.07, 6.45) is 5.32. The van der Waals surface area contributed by atoms with Gasteiger partial charge < -0.3 is 4.90 Å². The Labute approximate surface area is 115 Å². The van der Waals surface area contributed by atoms with Crippen molar-refractivity contribution in [1.82, 2.24) is 14.5 Å². The monoisotopic (exact) mass is 347 g/mol. The van der Waals surface area contributed by atoms with Gasteiger partial charge in [-0.25, -0.2) is 4.98 Å². The van der Waals surface area contributed by atoms with Gasteiger partial charge in [0.1, 0.15) is 5.82 Å². The summed E-state index contributed by atoms with van der Waals surface area (Å²) in [5, 5.41) is 0. The lowest BCUT2D eigenvalue weighted by atomic mass is 10.3. The zero-order chi connectivity index (χ0) is 12.3. The molecule has 1 aromatic heterocycles. The fourth-order valence-corrected chi connectivity index (χ4v) is 2.70. The molecule has 1 aliphatic heterocycles. The molecule has 0 spiro atoms. The zero-order valence-corrected chi connectivity index (χ0v) is 12.3. The van der Waals surface area contributed by atoms with E-state index < -0.39 is 0 Å². The van der Waals surface area contributed by atoms with Gasteiger partial charge in [0.05, 0.1) is 3.57 Å². The number of aryl methyl sites for hydroxylation is 1. The third kappa shape index (κ3) is 3.28. The second-order valence-electron chi connectivity index (χ2n) is 4.51. The van der Waals surface area contributed by atoms with Gasteiger partial charge in [-0.05, 0) is 68.4 Å². The summed E-state index contributed by atoms with van der Waals surface area (Å²) >= 11 is 2.05. The lowest BCUT2D eigenvalue weighted by Crippen LogP contribution is -2.28. The minimum atomic E-state index is 0.0968. The van der Waals surface area contributed by atoms with Gasteiger partial charge in [0.2, 0.25) is 0 Å². The zero-order valence-electron chi connectivity index (χ0n) is 10.2. The molecule has 0 bridgehead atoms. The molecule has 4 nitrogen and oxygen atoms in total. The van der Waals surface area contributed by atoms with Crippen LogP contribution < -0.4 is 5.56 Å². The highest BCUT2D eigenvalue weighted by atomic mass is 127. The molecule has 0 unspecified atom stereocenters. The van der Waals surface area contributed by atoms with E-state index in [4.69, 9.17) is 0 Å². The van der Waals surface area contributed by atoms with Crippen LogP contribution in [0.4, 0.5) is 0 Å². The Bertz CT molecular complexity index is 438. The molecular weight excluding hydrogens is 329 g/mol. The highest BCUT2D eigenvalue weighted by molar-refractivity contribution is 14.1. The fourth-order valence-electron chi connectivity index (χ4n) is 2.27. The largest absolute Gasteiger partial charge is 0.303 e. The van der Waals surface area contributed by atoms with E-state index in [1.165, 1.54) is 25.9 Å². The van der Waals surface area contributed by atoms with E-state index in [2.05, 4.69) is 32.5 Å². The number of likely N-dealkylation sites (tertiary alicyclic amines) is 1. The Morgan fingerprint density at radius 2 is 2.06 bits per heavy atom. The summed E-state index contributed by atoms with van der Waals surface area (Å²) in [5.74, 6) is 0.817. The van der Waals surface area contributed by atoms with E-state index in [0.29, 0.717) is 3.57 Å². The first kappa shape index (κ1) is 13.0. The second kappa shape index (κ2) is 5.95. The predicted octanol–water partition coefficient (Wildman–Crippen LogP) is 1.64. The molecule has 1 saturated heterocycles. The topological polar surface area (TPSA) is 38.1 Å². The number of hydrogen-bond donors (Lipinski definition) is 0. The molecule has 1 aromatic rings. The minimum absolute atomic E-state index is 0.0968. The molecule has 1 aliphatic rings. The van der Waals surface area contributed by atoms with Crippen molar-refractivity contribution in [2.75, 3.05) is 19.6 Å². The lowest BCUT2D eigenvalue weighted by molar-refractivity contribution is 0.323. The van der Waals surface area contributed by atoms with Gasteiger partial charge in [0, 0.05) is 12.7 Å². The Kier molecular flexibility index (Phi) is 4.55. The molecule has 2 rings (SSSR count). The number of aromatic nitrogens is 2. The SMILES string of the molecule is Cc1ncc(I)c(=O)n1CCCN1CCCC1.